The first-order valence-corrected chi connectivity index (χ1v) is 16.1. The lowest BCUT2D eigenvalue weighted by atomic mass is 9.82. The van der Waals surface area contributed by atoms with E-state index in [4.69, 9.17) is 9.97 Å². The molecular weight excluding hydrogens is 524 g/mol. The number of piperidine rings is 1. The Labute approximate surface area is 251 Å². The monoisotopic (exact) mass is 570 g/mol. The van der Waals surface area contributed by atoms with E-state index in [9.17, 15) is 10.1 Å². The Morgan fingerprint density at radius 1 is 1.10 bits per heavy atom. The Balaban J connectivity index is 1.29. The second-order valence-corrected chi connectivity index (χ2v) is 12.5. The first-order chi connectivity index (χ1) is 20.5. The van der Waals surface area contributed by atoms with E-state index in [1.807, 2.05) is 0 Å². The average molecular weight is 571 g/mol. The highest BCUT2D eigenvalue weighted by Crippen LogP contribution is 2.37. The number of carbonyl (C=O) groups is 1. The number of hydrogen-bond donors (Lipinski definition) is 0. The summed E-state index contributed by atoms with van der Waals surface area (Å²) < 4.78 is 0. The molecule has 3 saturated heterocycles. The summed E-state index contributed by atoms with van der Waals surface area (Å²) in [6, 6.07) is 3.64. The van der Waals surface area contributed by atoms with Crippen LogP contribution >= 0.6 is 0 Å². The highest BCUT2D eigenvalue weighted by atomic mass is 16.2. The number of likely N-dealkylation sites (tertiary alicyclic amines) is 1. The normalized spacial score (nSPS) is 27.8. The van der Waals surface area contributed by atoms with Crippen LogP contribution in [0.1, 0.15) is 50.8 Å². The summed E-state index contributed by atoms with van der Waals surface area (Å²) in [7, 11) is 0. The van der Waals surface area contributed by atoms with Crippen LogP contribution < -0.4 is 9.80 Å². The van der Waals surface area contributed by atoms with Gasteiger partial charge in [0.15, 0.2) is 0 Å². The van der Waals surface area contributed by atoms with Gasteiger partial charge in [0.25, 0.3) is 0 Å². The molecule has 1 aromatic rings. The van der Waals surface area contributed by atoms with Gasteiger partial charge in [-0.3, -0.25) is 14.6 Å². The number of amides is 1. The summed E-state index contributed by atoms with van der Waals surface area (Å²) in [5.41, 5.74) is 2.46. The summed E-state index contributed by atoms with van der Waals surface area (Å²) in [5, 5.41) is 9.56. The number of nitriles is 1. The molecule has 6 rings (SSSR count). The molecule has 4 heterocycles. The fraction of sp³-hybridized carbons (Fsp3) is 0.636. The molecule has 0 radical (unpaired) electrons. The van der Waals surface area contributed by atoms with Crippen LogP contribution in [0.5, 0.6) is 0 Å². The first kappa shape index (κ1) is 28.9. The molecule has 0 aromatic carbocycles. The minimum Gasteiger partial charge on any atom is -0.352 e. The number of hydrogen-bond acceptors (Lipinski definition) is 8. The summed E-state index contributed by atoms with van der Waals surface area (Å²) in [6.07, 6.45) is 16.4. The molecule has 2 aliphatic carbocycles. The molecular formula is C33H46N8O. The average Bonchev–Trinajstić information content (AvgIpc) is 3.01. The lowest BCUT2D eigenvalue weighted by Gasteiger charge is -2.47. The predicted molar refractivity (Wildman–Crippen MR) is 166 cm³/mol. The van der Waals surface area contributed by atoms with E-state index >= 15 is 0 Å². The van der Waals surface area contributed by atoms with Crippen molar-refractivity contribution < 1.29 is 4.79 Å². The number of carbonyl (C=O) groups excluding carboxylic acids is 1. The zero-order chi connectivity index (χ0) is 29.2. The van der Waals surface area contributed by atoms with Crippen molar-refractivity contribution >= 4 is 17.7 Å². The molecule has 1 amide bonds. The first-order valence-electron chi connectivity index (χ1n) is 16.1. The second-order valence-electron chi connectivity index (χ2n) is 12.5. The van der Waals surface area contributed by atoms with Gasteiger partial charge in [-0.15, -0.1) is 0 Å². The number of aromatic nitrogens is 2. The zero-order valence-electron chi connectivity index (χ0n) is 25.4. The lowest BCUT2D eigenvalue weighted by Crippen LogP contribution is -2.60. The molecule has 0 spiro atoms. The van der Waals surface area contributed by atoms with Crippen molar-refractivity contribution in [2.24, 2.45) is 5.92 Å². The molecule has 4 atom stereocenters. The van der Waals surface area contributed by atoms with Gasteiger partial charge >= 0.3 is 0 Å². The minimum atomic E-state index is -0.174. The zero-order valence-corrected chi connectivity index (χ0v) is 25.4. The summed E-state index contributed by atoms with van der Waals surface area (Å²) >= 11 is 0. The van der Waals surface area contributed by atoms with Crippen LogP contribution in [-0.4, -0.2) is 107 Å². The van der Waals surface area contributed by atoms with Crippen molar-refractivity contribution in [2.75, 3.05) is 62.2 Å². The topological polar surface area (TPSA) is 82.8 Å². The fourth-order valence-electron chi connectivity index (χ4n) is 7.93. The molecule has 42 heavy (non-hydrogen) atoms. The number of nitrogens with zero attached hydrogens (tertiary/aromatic N) is 8. The van der Waals surface area contributed by atoms with Crippen molar-refractivity contribution in [1.29, 1.82) is 5.26 Å². The molecule has 9 heteroatoms. The summed E-state index contributed by atoms with van der Waals surface area (Å²) in [5.74, 6) is 2.38. The standard InChI is InChI=1S/C33H46N8O/c1-4-31(42)41-19-18-38(21-26(41)15-16-34)32-28-14-13-25(40-17-9-11-24-10-7-8-12-30(24)40)20-29(28)35-33(36-32)39-22-27(23-39)37(5-2)6-3/h4,7-8,10,12,24-27,30H,1,5-6,9,11,13-15,17-23H2,2-3H3/t24?,25-,26-,30?/m0/s1. The second kappa shape index (κ2) is 12.6. The van der Waals surface area contributed by atoms with Gasteiger partial charge in [-0.05, 0) is 57.3 Å². The smallest absolute Gasteiger partial charge is 0.246 e. The van der Waals surface area contributed by atoms with Gasteiger partial charge in [-0.1, -0.05) is 44.7 Å². The van der Waals surface area contributed by atoms with Crippen LogP contribution in [0.2, 0.25) is 0 Å². The quantitative estimate of drug-likeness (QED) is 0.441. The molecule has 9 nitrogen and oxygen atoms in total. The Morgan fingerprint density at radius 2 is 1.90 bits per heavy atom. The van der Waals surface area contributed by atoms with Gasteiger partial charge in [0.1, 0.15) is 5.82 Å². The maximum absolute atomic E-state index is 12.6. The van der Waals surface area contributed by atoms with Crippen LogP contribution in [0.25, 0.3) is 0 Å². The third-order valence-electron chi connectivity index (χ3n) is 10.3. The lowest BCUT2D eigenvalue weighted by molar-refractivity contribution is -0.128. The van der Waals surface area contributed by atoms with E-state index < -0.39 is 0 Å². The number of rotatable bonds is 8. The Kier molecular flexibility index (Phi) is 8.64. The summed E-state index contributed by atoms with van der Waals surface area (Å²) in [6.45, 7) is 15.2. The van der Waals surface area contributed by atoms with Crippen molar-refractivity contribution in [3.05, 3.63) is 48.2 Å². The van der Waals surface area contributed by atoms with Gasteiger partial charge in [0.2, 0.25) is 11.9 Å². The predicted octanol–water partition coefficient (Wildman–Crippen LogP) is 3.19. The van der Waals surface area contributed by atoms with Crippen LogP contribution in [0.3, 0.4) is 0 Å². The van der Waals surface area contributed by atoms with E-state index in [1.165, 1.54) is 30.2 Å². The molecule has 2 unspecified atom stereocenters. The number of piperazine rings is 1. The molecule has 0 saturated carbocycles. The van der Waals surface area contributed by atoms with Gasteiger partial charge in [-0.2, -0.15) is 10.2 Å². The van der Waals surface area contributed by atoms with E-state index in [0.717, 1.165) is 63.8 Å². The van der Waals surface area contributed by atoms with Crippen LogP contribution in [0.4, 0.5) is 11.8 Å². The van der Waals surface area contributed by atoms with Crippen molar-refractivity contribution in [2.45, 2.75) is 76.5 Å². The molecule has 5 aliphatic rings. The Bertz CT molecular complexity index is 1260. The Morgan fingerprint density at radius 3 is 2.67 bits per heavy atom. The molecule has 3 aliphatic heterocycles. The van der Waals surface area contributed by atoms with Crippen molar-refractivity contribution in [3.8, 4) is 6.07 Å². The van der Waals surface area contributed by atoms with Gasteiger partial charge in [0.05, 0.1) is 24.2 Å². The van der Waals surface area contributed by atoms with Gasteiger partial charge in [0, 0.05) is 62.8 Å². The number of likely N-dealkylation sites (N-methyl/N-ethyl adjacent to an activating group) is 1. The highest BCUT2D eigenvalue weighted by Gasteiger charge is 2.39. The number of anilines is 2. The van der Waals surface area contributed by atoms with Crippen LogP contribution in [-0.2, 0) is 17.6 Å². The maximum atomic E-state index is 12.6. The van der Waals surface area contributed by atoms with Crippen molar-refractivity contribution in [3.63, 3.8) is 0 Å². The van der Waals surface area contributed by atoms with Gasteiger partial charge < -0.3 is 14.7 Å². The molecule has 3 fully saturated rings. The Hall–Kier alpha value is -3.22. The van der Waals surface area contributed by atoms with E-state index in [0.29, 0.717) is 50.1 Å². The molecule has 0 N–H and O–H groups in total. The van der Waals surface area contributed by atoms with E-state index in [1.54, 1.807) is 4.90 Å². The highest BCUT2D eigenvalue weighted by molar-refractivity contribution is 5.87. The minimum absolute atomic E-state index is 0.0994. The third-order valence-corrected chi connectivity index (χ3v) is 10.3. The molecule has 1 aromatic heterocycles. The molecule has 224 valence electrons. The van der Waals surface area contributed by atoms with Gasteiger partial charge in [-0.25, -0.2) is 4.98 Å². The largest absolute Gasteiger partial charge is 0.352 e. The molecule has 0 bridgehead atoms. The van der Waals surface area contributed by atoms with Crippen molar-refractivity contribution in [1.82, 2.24) is 24.7 Å². The number of fused-ring (bicyclic) bond motifs is 2. The van der Waals surface area contributed by atoms with Crippen LogP contribution in [0, 0.1) is 17.2 Å². The number of allylic oxidation sites excluding steroid dienone is 2. The fourth-order valence-corrected chi connectivity index (χ4v) is 7.93. The SMILES string of the molecule is C=CC(=O)N1CCN(c2nc(N3CC(N(CC)CC)C3)nc3c2CC[C@H](N2CCCC4C=CC=CC42)C3)C[C@@H]1CC#N. The van der Waals surface area contributed by atoms with Crippen LogP contribution in [0.15, 0.2) is 37.0 Å². The van der Waals surface area contributed by atoms with E-state index in [-0.39, 0.29) is 11.9 Å². The van der Waals surface area contributed by atoms with E-state index in [2.05, 4.69) is 70.4 Å². The maximum Gasteiger partial charge on any atom is 0.246 e. The summed E-state index contributed by atoms with van der Waals surface area (Å²) in [4.78, 5) is 34.8. The third kappa shape index (κ3) is 5.47.